The summed E-state index contributed by atoms with van der Waals surface area (Å²) in [5.74, 6) is 1.57. The van der Waals surface area contributed by atoms with Crippen molar-refractivity contribution in [3.63, 3.8) is 0 Å². The van der Waals surface area contributed by atoms with Gasteiger partial charge in [0.2, 0.25) is 0 Å². The number of fused-ring (bicyclic) bond motifs is 1. The molecule has 0 unspecified atom stereocenters. The van der Waals surface area contributed by atoms with E-state index in [2.05, 4.69) is 42.3 Å². The number of nitrogens with zero attached hydrogens (tertiary/aromatic N) is 2. The Labute approximate surface area is 119 Å². The zero-order valence-electron chi connectivity index (χ0n) is 10.7. The van der Waals surface area contributed by atoms with Crippen molar-refractivity contribution < 1.29 is 0 Å². The van der Waals surface area contributed by atoms with Crippen LogP contribution in [0.1, 0.15) is 11.5 Å². The molecule has 19 heavy (non-hydrogen) atoms. The molecular formula is C14H13BrN4. The van der Waals surface area contributed by atoms with Gasteiger partial charge in [-0.25, -0.2) is 9.97 Å². The van der Waals surface area contributed by atoms with Crippen molar-refractivity contribution in [3.05, 3.63) is 46.3 Å². The van der Waals surface area contributed by atoms with Gasteiger partial charge in [-0.05, 0) is 38.1 Å². The Bertz CT molecular complexity index is 748. The first kappa shape index (κ1) is 12.2. The van der Waals surface area contributed by atoms with Crippen LogP contribution in [0, 0.1) is 13.8 Å². The fourth-order valence-corrected chi connectivity index (χ4v) is 2.45. The molecule has 0 amide bonds. The molecule has 0 atom stereocenters. The summed E-state index contributed by atoms with van der Waals surface area (Å²) in [4.78, 5) is 12.1. The highest BCUT2D eigenvalue weighted by Gasteiger charge is 2.08. The zero-order chi connectivity index (χ0) is 13.4. The summed E-state index contributed by atoms with van der Waals surface area (Å²) in [6.07, 6.45) is 0. The summed E-state index contributed by atoms with van der Waals surface area (Å²) in [7, 11) is 0. The second kappa shape index (κ2) is 4.66. The standard InChI is InChI=1S/C14H13BrN4/c1-8-6-12-13(16-8)17-9(2)18-14(12)19-11-5-3-4-10(15)7-11/h3-7H,1-2H3,(H2,16,17,18,19). The smallest absolute Gasteiger partial charge is 0.143 e. The Kier molecular flexibility index (Phi) is 2.98. The predicted octanol–water partition coefficient (Wildman–Crippen LogP) is 4.08. The van der Waals surface area contributed by atoms with Crippen LogP contribution in [-0.2, 0) is 0 Å². The quantitative estimate of drug-likeness (QED) is 0.749. The number of hydrogen-bond donors (Lipinski definition) is 2. The Morgan fingerprint density at radius 1 is 1.16 bits per heavy atom. The van der Waals surface area contributed by atoms with Gasteiger partial charge in [0.1, 0.15) is 17.3 Å². The molecule has 2 N–H and O–H groups in total. The highest BCUT2D eigenvalue weighted by Crippen LogP contribution is 2.25. The maximum Gasteiger partial charge on any atom is 0.143 e. The lowest BCUT2D eigenvalue weighted by Crippen LogP contribution is -1.98. The van der Waals surface area contributed by atoms with Crippen molar-refractivity contribution in [2.45, 2.75) is 13.8 Å². The number of anilines is 2. The monoisotopic (exact) mass is 316 g/mol. The van der Waals surface area contributed by atoms with Crippen molar-refractivity contribution in [2.75, 3.05) is 5.32 Å². The topological polar surface area (TPSA) is 53.6 Å². The minimum atomic E-state index is 0.742. The second-order valence-electron chi connectivity index (χ2n) is 4.47. The third-order valence-electron chi connectivity index (χ3n) is 2.82. The molecule has 1 aromatic carbocycles. The van der Waals surface area contributed by atoms with E-state index in [0.717, 1.165) is 38.5 Å². The molecule has 3 aromatic rings. The van der Waals surface area contributed by atoms with Gasteiger partial charge in [-0.3, -0.25) is 0 Å². The molecule has 96 valence electrons. The largest absolute Gasteiger partial charge is 0.343 e. The van der Waals surface area contributed by atoms with Crippen LogP contribution in [0.5, 0.6) is 0 Å². The normalized spacial score (nSPS) is 10.9. The van der Waals surface area contributed by atoms with Gasteiger partial charge < -0.3 is 10.3 Å². The third-order valence-corrected chi connectivity index (χ3v) is 3.31. The summed E-state index contributed by atoms with van der Waals surface area (Å²) in [5, 5.41) is 4.34. The summed E-state index contributed by atoms with van der Waals surface area (Å²) < 4.78 is 1.03. The molecule has 2 heterocycles. The van der Waals surface area contributed by atoms with Crippen LogP contribution in [0.2, 0.25) is 0 Å². The molecule has 3 rings (SSSR count). The van der Waals surface area contributed by atoms with E-state index in [1.807, 2.05) is 38.1 Å². The number of aryl methyl sites for hydroxylation is 2. The predicted molar refractivity (Wildman–Crippen MR) is 80.8 cm³/mol. The van der Waals surface area contributed by atoms with Gasteiger partial charge in [-0.2, -0.15) is 0 Å². The summed E-state index contributed by atoms with van der Waals surface area (Å²) in [5.41, 5.74) is 2.93. The first-order valence-electron chi connectivity index (χ1n) is 5.98. The van der Waals surface area contributed by atoms with Crippen LogP contribution in [0.3, 0.4) is 0 Å². The minimum Gasteiger partial charge on any atom is -0.343 e. The SMILES string of the molecule is Cc1nc(Nc2cccc(Br)c2)c2cc(C)[nH]c2n1. The van der Waals surface area contributed by atoms with Gasteiger partial charge in [0.05, 0.1) is 5.39 Å². The average molecular weight is 317 g/mol. The minimum absolute atomic E-state index is 0.742. The molecule has 0 aliphatic rings. The van der Waals surface area contributed by atoms with Crippen molar-refractivity contribution >= 4 is 38.5 Å². The molecule has 2 aromatic heterocycles. The van der Waals surface area contributed by atoms with E-state index in [0.29, 0.717) is 0 Å². The highest BCUT2D eigenvalue weighted by molar-refractivity contribution is 9.10. The Morgan fingerprint density at radius 2 is 2.00 bits per heavy atom. The molecule has 0 radical (unpaired) electrons. The van der Waals surface area contributed by atoms with Gasteiger partial charge in [-0.1, -0.05) is 22.0 Å². The first-order chi connectivity index (χ1) is 9.11. The van der Waals surface area contributed by atoms with Crippen LogP contribution in [-0.4, -0.2) is 15.0 Å². The molecule has 0 saturated heterocycles. The summed E-state index contributed by atoms with van der Waals surface area (Å²) >= 11 is 3.46. The number of benzene rings is 1. The third kappa shape index (κ3) is 2.46. The molecule has 4 nitrogen and oxygen atoms in total. The van der Waals surface area contributed by atoms with Crippen LogP contribution in [0.15, 0.2) is 34.8 Å². The number of rotatable bonds is 2. The van der Waals surface area contributed by atoms with Crippen LogP contribution < -0.4 is 5.32 Å². The maximum absolute atomic E-state index is 4.48. The lowest BCUT2D eigenvalue weighted by Gasteiger charge is -2.07. The highest BCUT2D eigenvalue weighted by atomic mass is 79.9. The Morgan fingerprint density at radius 3 is 2.79 bits per heavy atom. The van der Waals surface area contributed by atoms with E-state index in [1.165, 1.54) is 0 Å². The van der Waals surface area contributed by atoms with E-state index in [4.69, 9.17) is 0 Å². The van der Waals surface area contributed by atoms with Gasteiger partial charge in [0.25, 0.3) is 0 Å². The second-order valence-corrected chi connectivity index (χ2v) is 5.39. The number of hydrogen-bond acceptors (Lipinski definition) is 3. The van der Waals surface area contributed by atoms with Gasteiger partial charge in [0.15, 0.2) is 0 Å². The number of H-pyrrole nitrogens is 1. The zero-order valence-corrected chi connectivity index (χ0v) is 12.2. The number of halogens is 1. The van der Waals surface area contributed by atoms with E-state index in [9.17, 15) is 0 Å². The molecule has 0 saturated carbocycles. The van der Waals surface area contributed by atoms with Crippen molar-refractivity contribution in [2.24, 2.45) is 0 Å². The maximum atomic E-state index is 4.48. The van der Waals surface area contributed by atoms with Crippen molar-refractivity contribution in [3.8, 4) is 0 Å². The first-order valence-corrected chi connectivity index (χ1v) is 6.78. The molecule has 0 spiro atoms. The fourth-order valence-electron chi connectivity index (χ4n) is 2.05. The van der Waals surface area contributed by atoms with Crippen LogP contribution in [0.4, 0.5) is 11.5 Å². The fraction of sp³-hybridized carbons (Fsp3) is 0.143. The number of aromatic nitrogens is 3. The molecule has 0 aliphatic carbocycles. The van der Waals surface area contributed by atoms with Crippen molar-refractivity contribution in [1.82, 2.24) is 15.0 Å². The summed E-state index contributed by atoms with van der Waals surface area (Å²) in [6.45, 7) is 3.90. The molecule has 0 fully saturated rings. The molecule has 0 aliphatic heterocycles. The van der Waals surface area contributed by atoms with Gasteiger partial charge in [-0.15, -0.1) is 0 Å². The molecule has 0 bridgehead atoms. The van der Waals surface area contributed by atoms with Crippen LogP contribution >= 0.6 is 15.9 Å². The Hall–Kier alpha value is -1.88. The van der Waals surface area contributed by atoms with E-state index in [1.54, 1.807) is 0 Å². The van der Waals surface area contributed by atoms with Crippen LogP contribution in [0.25, 0.3) is 11.0 Å². The van der Waals surface area contributed by atoms with Gasteiger partial charge >= 0.3 is 0 Å². The summed E-state index contributed by atoms with van der Waals surface area (Å²) in [6, 6.07) is 10.1. The van der Waals surface area contributed by atoms with E-state index >= 15 is 0 Å². The molecule has 5 heteroatoms. The van der Waals surface area contributed by atoms with Crippen molar-refractivity contribution in [1.29, 1.82) is 0 Å². The van der Waals surface area contributed by atoms with E-state index < -0.39 is 0 Å². The average Bonchev–Trinajstić information content (AvgIpc) is 2.69. The number of nitrogens with one attached hydrogen (secondary N) is 2. The van der Waals surface area contributed by atoms with E-state index in [-0.39, 0.29) is 0 Å². The lowest BCUT2D eigenvalue weighted by atomic mass is 10.3. The van der Waals surface area contributed by atoms with Gasteiger partial charge in [0, 0.05) is 15.9 Å². The molecular weight excluding hydrogens is 304 g/mol. The number of aromatic amines is 1. The lowest BCUT2D eigenvalue weighted by molar-refractivity contribution is 1.08. The Balaban J connectivity index is 2.09.